The summed E-state index contributed by atoms with van der Waals surface area (Å²) < 4.78 is 6.63. The van der Waals surface area contributed by atoms with Gasteiger partial charge in [0.15, 0.2) is 0 Å². The van der Waals surface area contributed by atoms with Crippen LogP contribution in [0.4, 0.5) is 5.69 Å². The predicted octanol–water partition coefficient (Wildman–Crippen LogP) is 2.58. The fourth-order valence-electron chi connectivity index (χ4n) is 3.03. The van der Waals surface area contributed by atoms with Gasteiger partial charge < -0.3 is 15.0 Å². The second kappa shape index (κ2) is 6.25. The number of benzene rings is 1. The van der Waals surface area contributed by atoms with Gasteiger partial charge >= 0.3 is 0 Å². The van der Waals surface area contributed by atoms with Crippen LogP contribution in [-0.4, -0.2) is 38.9 Å². The predicted molar refractivity (Wildman–Crippen MR) is 81.9 cm³/mol. The minimum atomic E-state index is 0.647. The van der Waals surface area contributed by atoms with Crippen molar-refractivity contribution in [2.45, 2.75) is 25.3 Å². The van der Waals surface area contributed by atoms with Crippen LogP contribution in [0.2, 0.25) is 0 Å². The Labute approximate surface area is 123 Å². The van der Waals surface area contributed by atoms with Gasteiger partial charge in [-0.1, -0.05) is 15.9 Å². The number of nitrogens with zero attached hydrogens (tertiary/aromatic N) is 1. The quantitative estimate of drug-likeness (QED) is 0.924. The molecule has 1 aromatic carbocycles. The Morgan fingerprint density at radius 3 is 2.89 bits per heavy atom. The smallest absolute Gasteiger partial charge is 0.0642 e. The molecule has 0 spiro atoms. The minimum Gasteiger partial charge on any atom is -0.378 e. The molecule has 0 amide bonds. The lowest BCUT2D eigenvalue weighted by molar-refractivity contribution is 0.122. The van der Waals surface area contributed by atoms with Crippen molar-refractivity contribution in [3.8, 4) is 0 Å². The van der Waals surface area contributed by atoms with Crippen molar-refractivity contribution in [3.63, 3.8) is 0 Å². The molecule has 3 nitrogen and oxygen atoms in total. The minimum absolute atomic E-state index is 0.647. The molecule has 4 heteroatoms. The first kappa shape index (κ1) is 13.4. The zero-order chi connectivity index (χ0) is 13.1. The van der Waals surface area contributed by atoms with Crippen LogP contribution < -0.4 is 10.2 Å². The van der Waals surface area contributed by atoms with E-state index in [-0.39, 0.29) is 0 Å². The van der Waals surface area contributed by atoms with E-state index >= 15 is 0 Å². The third-order valence-corrected chi connectivity index (χ3v) is 4.52. The van der Waals surface area contributed by atoms with Gasteiger partial charge in [0.2, 0.25) is 0 Å². The summed E-state index contributed by atoms with van der Waals surface area (Å²) in [6, 6.07) is 7.33. The van der Waals surface area contributed by atoms with E-state index in [1.54, 1.807) is 0 Å². The van der Waals surface area contributed by atoms with Crippen LogP contribution in [0.5, 0.6) is 0 Å². The Kier molecular flexibility index (Phi) is 4.41. The molecular weight excluding hydrogens is 304 g/mol. The van der Waals surface area contributed by atoms with Crippen LogP contribution >= 0.6 is 15.9 Å². The molecule has 104 valence electrons. The Balaban J connectivity index is 1.80. The number of nitrogens with one attached hydrogen (secondary N) is 1. The summed E-state index contributed by atoms with van der Waals surface area (Å²) in [6.07, 6.45) is 3.74. The van der Waals surface area contributed by atoms with Gasteiger partial charge in [-0.25, -0.2) is 0 Å². The lowest BCUT2D eigenvalue weighted by Crippen LogP contribution is -2.37. The van der Waals surface area contributed by atoms with Gasteiger partial charge in [-0.15, -0.1) is 0 Å². The maximum absolute atomic E-state index is 5.45. The van der Waals surface area contributed by atoms with E-state index in [1.807, 2.05) is 0 Å². The lowest BCUT2D eigenvalue weighted by Gasteiger charge is -2.31. The summed E-state index contributed by atoms with van der Waals surface area (Å²) in [5.41, 5.74) is 2.84. The average molecular weight is 325 g/mol. The molecule has 0 bridgehead atoms. The molecule has 3 rings (SSSR count). The van der Waals surface area contributed by atoms with Crippen molar-refractivity contribution in [1.82, 2.24) is 5.32 Å². The Morgan fingerprint density at radius 2 is 2.16 bits per heavy atom. The van der Waals surface area contributed by atoms with Gasteiger partial charge in [0.05, 0.1) is 13.2 Å². The van der Waals surface area contributed by atoms with Crippen molar-refractivity contribution < 1.29 is 4.74 Å². The molecule has 2 fully saturated rings. The first-order chi connectivity index (χ1) is 9.33. The second-order valence-corrected chi connectivity index (χ2v) is 6.29. The number of hydrogen-bond acceptors (Lipinski definition) is 3. The molecule has 2 saturated heterocycles. The first-order valence-corrected chi connectivity index (χ1v) is 7.97. The van der Waals surface area contributed by atoms with E-state index < -0.39 is 0 Å². The Bertz CT molecular complexity index is 426. The highest BCUT2D eigenvalue weighted by atomic mass is 79.9. The highest BCUT2D eigenvalue weighted by Gasteiger charge is 2.19. The van der Waals surface area contributed by atoms with Crippen molar-refractivity contribution in [2.24, 2.45) is 0 Å². The number of morpholine rings is 1. The molecule has 2 heterocycles. The number of hydrogen-bond donors (Lipinski definition) is 1. The van der Waals surface area contributed by atoms with Crippen molar-refractivity contribution >= 4 is 21.6 Å². The Hall–Kier alpha value is -0.580. The maximum atomic E-state index is 5.45. The van der Waals surface area contributed by atoms with Crippen LogP contribution in [0.1, 0.15) is 18.4 Å². The highest BCUT2D eigenvalue weighted by molar-refractivity contribution is 9.10. The molecular formula is C15H21BrN2O. The molecule has 2 aliphatic rings. The SMILES string of the molecule is Brc1ccc(N2CCOCC2)c(CC2CCCN2)c1. The standard InChI is InChI=1S/C15H21BrN2O/c16-13-3-4-15(18-6-8-19-9-7-18)12(10-13)11-14-2-1-5-17-14/h3-4,10,14,17H,1-2,5-9,11H2. The molecule has 1 atom stereocenters. The molecule has 1 N–H and O–H groups in total. The average Bonchev–Trinajstić information content (AvgIpc) is 2.93. The normalized spacial score (nSPS) is 23.8. The molecule has 0 aromatic heterocycles. The number of halogens is 1. The van der Waals surface area contributed by atoms with E-state index in [4.69, 9.17) is 4.74 Å². The second-order valence-electron chi connectivity index (χ2n) is 5.37. The summed E-state index contributed by atoms with van der Waals surface area (Å²) in [7, 11) is 0. The monoisotopic (exact) mass is 324 g/mol. The largest absolute Gasteiger partial charge is 0.378 e. The van der Waals surface area contributed by atoms with E-state index in [0.717, 1.165) is 32.7 Å². The van der Waals surface area contributed by atoms with E-state index in [1.165, 1.54) is 35.1 Å². The number of rotatable bonds is 3. The van der Waals surface area contributed by atoms with Gasteiger partial charge in [-0.05, 0) is 49.6 Å². The molecule has 0 saturated carbocycles. The van der Waals surface area contributed by atoms with Crippen molar-refractivity contribution in [1.29, 1.82) is 0 Å². The molecule has 2 aliphatic heterocycles. The topological polar surface area (TPSA) is 24.5 Å². The van der Waals surface area contributed by atoms with Gasteiger partial charge in [0.25, 0.3) is 0 Å². The fraction of sp³-hybridized carbons (Fsp3) is 0.600. The molecule has 19 heavy (non-hydrogen) atoms. The summed E-state index contributed by atoms with van der Waals surface area (Å²) >= 11 is 3.61. The summed E-state index contributed by atoms with van der Waals surface area (Å²) in [5.74, 6) is 0. The number of ether oxygens (including phenoxy) is 1. The van der Waals surface area contributed by atoms with E-state index in [0.29, 0.717) is 6.04 Å². The summed E-state index contributed by atoms with van der Waals surface area (Å²) in [4.78, 5) is 2.46. The molecule has 1 aromatic rings. The fourth-order valence-corrected chi connectivity index (χ4v) is 3.44. The van der Waals surface area contributed by atoms with Crippen LogP contribution in [0.15, 0.2) is 22.7 Å². The summed E-state index contributed by atoms with van der Waals surface area (Å²) in [5, 5.41) is 3.60. The zero-order valence-corrected chi connectivity index (χ0v) is 12.8. The van der Waals surface area contributed by atoms with Gasteiger partial charge in [-0.2, -0.15) is 0 Å². The third kappa shape index (κ3) is 3.30. The Morgan fingerprint density at radius 1 is 1.32 bits per heavy atom. The van der Waals surface area contributed by atoms with Crippen molar-refractivity contribution in [3.05, 3.63) is 28.2 Å². The molecule has 0 radical (unpaired) electrons. The molecule has 0 aliphatic carbocycles. The zero-order valence-electron chi connectivity index (χ0n) is 11.2. The lowest BCUT2D eigenvalue weighted by atomic mass is 10.0. The van der Waals surface area contributed by atoms with Crippen LogP contribution in [0.25, 0.3) is 0 Å². The van der Waals surface area contributed by atoms with Gasteiger partial charge in [-0.3, -0.25) is 0 Å². The highest BCUT2D eigenvalue weighted by Crippen LogP contribution is 2.27. The number of anilines is 1. The van der Waals surface area contributed by atoms with E-state index in [9.17, 15) is 0 Å². The maximum Gasteiger partial charge on any atom is 0.0642 e. The van der Waals surface area contributed by atoms with Crippen LogP contribution in [-0.2, 0) is 11.2 Å². The third-order valence-electron chi connectivity index (χ3n) is 4.02. The van der Waals surface area contributed by atoms with Crippen LogP contribution in [0, 0.1) is 0 Å². The van der Waals surface area contributed by atoms with Gasteiger partial charge in [0, 0.05) is 29.3 Å². The van der Waals surface area contributed by atoms with Gasteiger partial charge in [0.1, 0.15) is 0 Å². The molecule has 1 unspecified atom stereocenters. The first-order valence-electron chi connectivity index (χ1n) is 7.17. The van der Waals surface area contributed by atoms with Crippen LogP contribution in [0.3, 0.4) is 0 Å². The van der Waals surface area contributed by atoms with Crippen molar-refractivity contribution in [2.75, 3.05) is 37.7 Å². The summed E-state index contributed by atoms with van der Waals surface area (Å²) in [6.45, 7) is 4.87. The van der Waals surface area contributed by atoms with E-state index in [2.05, 4.69) is 44.3 Å².